The molecule has 2 fully saturated rings. The van der Waals surface area contributed by atoms with Gasteiger partial charge in [0.05, 0.1) is 11.4 Å². The molecule has 1 saturated carbocycles. The summed E-state index contributed by atoms with van der Waals surface area (Å²) in [6.07, 6.45) is 4.96. The minimum absolute atomic E-state index is 0.0823. The number of amides is 2. The van der Waals surface area contributed by atoms with Crippen LogP contribution in [-0.4, -0.2) is 62.7 Å². The first-order valence-corrected chi connectivity index (χ1v) is 10.5. The zero-order chi connectivity index (χ0) is 17.3. The lowest BCUT2D eigenvalue weighted by Crippen LogP contribution is -2.63. The van der Waals surface area contributed by atoms with Crippen LogP contribution < -0.4 is 5.32 Å². The monoisotopic (exact) mass is 346 g/mol. The van der Waals surface area contributed by atoms with Gasteiger partial charge in [0.2, 0.25) is 0 Å². The highest BCUT2D eigenvalue weighted by molar-refractivity contribution is 7.91. The number of carbonyl (C=O) groups is 1. The lowest BCUT2D eigenvalue weighted by atomic mass is 9.64. The summed E-state index contributed by atoms with van der Waals surface area (Å²) >= 11 is 0. The van der Waals surface area contributed by atoms with Crippen LogP contribution in [0.4, 0.5) is 4.79 Å². The van der Waals surface area contributed by atoms with E-state index in [-0.39, 0.29) is 23.6 Å². The van der Waals surface area contributed by atoms with E-state index in [0.717, 1.165) is 25.9 Å². The Kier molecular flexibility index (Phi) is 5.61. The van der Waals surface area contributed by atoms with Crippen molar-refractivity contribution in [3.8, 4) is 0 Å². The van der Waals surface area contributed by atoms with Gasteiger partial charge >= 0.3 is 6.03 Å². The summed E-state index contributed by atoms with van der Waals surface area (Å²) in [4.78, 5) is 14.0. The highest BCUT2D eigenvalue weighted by Crippen LogP contribution is 2.43. The second-order valence-electron chi connectivity index (χ2n) is 7.46. The molecule has 1 heterocycles. The van der Waals surface area contributed by atoms with Crippen LogP contribution in [0.5, 0.6) is 0 Å². The average molecular weight is 346 g/mol. The number of urea groups is 1. The van der Waals surface area contributed by atoms with E-state index in [1.165, 1.54) is 6.26 Å². The van der Waals surface area contributed by atoms with Gasteiger partial charge in [0, 0.05) is 37.4 Å². The zero-order valence-corrected chi connectivity index (χ0v) is 15.5. The van der Waals surface area contributed by atoms with Gasteiger partial charge in [-0.2, -0.15) is 0 Å². The van der Waals surface area contributed by atoms with E-state index >= 15 is 0 Å². The first-order chi connectivity index (χ1) is 10.7. The minimum atomic E-state index is -3.08. The van der Waals surface area contributed by atoms with E-state index in [2.05, 4.69) is 26.1 Å². The lowest BCUT2D eigenvalue weighted by molar-refractivity contribution is -0.115. The molecular weight excluding hydrogens is 316 g/mol. The van der Waals surface area contributed by atoms with Gasteiger partial charge in [-0.3, -0.25) is 0 Å². The molecule has 0 aromatic carbocycles. The third-order valence-electron chi connectivity index (χ3n) is 5.33. The molecule has 2 rings (SSSR count). The summed E-state index contributed by atoms with van der Waals surface area (Å²) in [5.74, 6) is 0. The standard InChI is InChI=1S/C16H30N2O4S/c1-5-6-9-22-14-10-13(16(14,2)3)17-15(19)18-8-7-12(11-18)23(4,20)21/h12-14H,5-11H2,1-4H3,(H,17,19). The van der Waals surface area contributed by atoms with E-state index in [1.54, 1.807) is 4.90 Å². The molecule has 1 saturated heterocycles. The van der Waals surface area contributed by atoms with Gasteiger partial charge in [0.25, 0.3) is 0 Å². The number of rotatable bonds is 6. The van der Waals surface area contributed by atoms with Crippen molar-refractivity contribution in [1.82, 2.24) is 10.2 Å². The quantitative estimate of drug-likeness (QED) is 0.744. The first-order valence-electron chi connectivity index (χ1n) is 8.52. The highest BCUT2D eigenvalue weighted by Gasteiger charge is 2.50. The maximum atomic E-state index is 12.4. The van der Waals surface area contributed by atoms with Crippen molar-refractivity contribution in [2.24, 2.45) is 5.41 Å². The summed E-state index contributed by atoms with van der Waals surface area (Å²) in [5, 5.41) is 2.63. The number of likely N-dealkylation sites (tertiary alicyclic amines) is 1. The predicted octanol–water partition coefficient (Wildman–Crippen LogP) is 1.80. The Morgan fingerprint density at radius 2 is 2.09 bits per heavy atom. The first kappa shape index (κ1) is 18.5. The number of nitrogens with zero attached hydrogens (tertiary/aromatic N) is 1. The molecule has 0 aromatic rings. The van der Waals surface area contributed by atoms with Crippen LogP contribution in [0.25, 0.3) is 0 Å². The van der Waals surface area contributed by atoms with Crippen LogP contribution in [0, 0.1) is 5.41 Å². The maximum absolute atomic E-state index is 12.4. The molecule has 0 aromatic heterocycles. The SMILES string of the molecule is CCCCOC1CC(NC(=O)N2CCC(S(C)(=O)=O)C2)C1(C)C. The van der Waals surface area contributed by atoms with E-state index < -0.39 is 15.1 Å². The van der Waals surface area contributed by atoms with Crippen LogP contribution in [0.15, 0.2) is 0 Å². The third kappa shape index (κ3) is 4.18. The van der Waals surface area contributed by atoms with Crippen molar-refractivity contribution in [1.29, 1.82) is 0 Å². The van der Waals surface area contributed by atoms with E-state index in [0.29, 0.717) is 19.5 Å². The molecule has 0 spiro atoms. The number of sulfone groups is 1. The van der Waals surface area contributed by atoms with Gasteiger partial charge in [-0.05, 0) is 19.3 Å². The van der Waals surface area contributed by atoms with E-state index in [1.807, 2.05) is 0 Å². The Hall–Kier alpha value is -0.820. The molecule has 1 aliphatic heterocycles. The van der Waals surface area contributed by atoms with E-state index in [9.17, 15) is 13.2 Å². The summed E-state index contributed by atoms with van der Waals surface area (Å²) in [7, 11) is -3.08. The molecule has 23 heavy (non-hydrogen) atoms. The summed E-state index contributed by atoms with van der Waals surface area (Å²) in [6, 6.07) is -0.0693. The largest absolute Gasteiger partial charge is 0.378 e. The highest BCUT2D eigenvalue weighted by atomic mass is 32.2. The van der Waals surface area contributed by atoms with Crippen molar-refractivity contribution in [2.75, 3.05) is 26.0 Å². The van der Waals surface area contributed by atoms with E-state index in [4.69, 9.17) is 4.74 Å². The van der Waals surface area contributed by atoms with Gasteiger partial charge < -0.3 is 15.0 Å². The Balaban J connectivity index is 1.81. The molecule has 0 bridgehead atoms. The fourth-order valence-corrected chi connectivity index (χ4v) is 4.27. The number of carbonyl (C=O) groups excluding carboxylic acids is 1. The average Bonchev–Trinajstić information content (AvgIpc) is 2.95. The molecule has 3 unspecified atom stereocenters. The number of hydrogen-bond acceptors (Lipinski definition) is 4. The number of ether oxygens (including phenoxy) is 1. The van der Waals surface area contributed by atoms with Crippen molar-refractivity contribution in [3.05, 3.63) is 0 Å². The van der Waals surface area contributed by atoms with Gasteiger partial charge in [0.1, 0.15) is 0 Å². The molecule has 1 N–H and O–H groups in total. The Morgan fingerprint density at radius 1 is 1.39 bits per heavy atom. The topological polar surface area (TPSA) is 75.7 Å². The van der Waals surface area contributed by atoms with Crippen LogP contribution in [-0.2, 0) is 14.6 Å². The van der Waals surface area contributed by atoms with Crippen LogP contribution in [0.3, 0.4) is 0 Å². The third-order valence-corrected chi connectivity index (χ3v) is 6.93. The van der Waals surface area contributed by atoms with Gasteiger partial charge in [-0.25, -0.2) is 13.2 Å². The molecule has 0 radical (unpaired) electrons. The predicted molar refractivity (Wildman–Crippen MR) is 90.2 cm³/mol. The molecule has 3 atom stereocenters. The van der Waals surface area contributed by atoms with Gasteiger partial charge in [0.15, 0.2) is 9.84 Å². The minimum Gasteiger partial charge on any atom is -0.378 e. The second-order valence-corrected chi connectivity index (χ2v) is 9.78. The molecule has 1 aliphatic carbocycles. The van der Waals surface area contributed by atoms with Crippen molar-refractivity contribution < 1.29 is 17.9 Å². The van der Waals surface area contributed by atoms with Gasteiger partial charge in [-0.15, -0.1) is 0 Å². The summed E-state index contributed by atoms with van der Waals surface area (Å²) in [5.41, 5.74) is -0.0840. The normalized spacial score (nSPS) is 30.1. The fraction of sp³-hybridized carbons (Fsp3) is 0.938. The Labute approximate surface area is 139 Å². The van der Waals surface area contributed by atoms with Crippen LogP contribution in [0.1, 0.15) is 46.5 Å². The second kappa shape index (κ2) is 6.97. The van der Waals surface area contributed by atoms with Crippen molar-refractivity contribution in [3.63, 3.8) is 0 Å². The molecule has 2 aliphatic rings. The van der Waals surface area contributed by atoms with Crippen LogP contribution in [0.2, 0.25) is 0 Å². The smallest absolute Gasteiger partial charge is 0.317 e. The molecule has 2 amide bonds. The lowest BCUT2D eigenvalue weighted by Gasteiger charge is -2.51. The number of hydrogen-bond donors (Lipinski definition) is 1. The number of unbranched alkanes of at least 4 members (excludes halogenated alkanes) is 1. The number of nitrogens with one attached hydrogen (secondary N) is 1. The maximum Gasteiger partial charge on any atom is 0.317 e. The Morgan fingerprint density at radius 3 is 2.61 bits per heavy atom. The fourth-order valence-electron chi connectivity index (χ4n) is 3.29. The van der Waals surface area contributed by atoms with Crippen LogP contribution >= 0.6 is 0 Å². The molecule has 7 heteroatoms. The Bertz CT molecular complexity index is 532. The molecular formula is C16H30N2O4S. The summed E-state index contributed by atoms with van der Waals surface area (Å²) < 4.78 is 29.1. The molecule has 134 valence electrons. The van der Waals surface area contributed by atoms with Crippen molar-refractivity contribution >= 4 is 15.9 Å². The summed E-state index contributed by atoms with van der Waals surface area (Å²) in [6.45, 7) is 7.94. The van der Waals surface area contributed by atoms with Gasteiger partial charge in [-0.1, -0.05) is 27.2 Å². The zero-order valence-electron chi connectivity index (χ0n) is 14.7. The molecule has 6 nitrogen and oxygen atoms in total. The van der Waals surface area contributed by atoms with Crippen molar-refractivity contribution in [2.45, 2.75) is 63.9 Å².